The summed E-state index contributed by atoms with van der Waals surface area (Å²) in [5, 5.41) is 13.0. The number of carboxylic acids is 1. The van der Waals surface area contributed by atoms with Crippen LogP contribution in [0.1, 0.15) is 56.2 Å². The number of benzene rings is 3. The van der Waals surface area contributed by atoms with Gasteiger partial charge < -0.3 is 19.3 Å². The van der Waals surface area contributed by atoms with Crippen molar-refractivity contribution in [1.29, 1.82) is 0 Å². The molecule has 1 amide bonds. The van der Waals surface area contributed by atoms with E-state index in [0.29, 0.717) is 13.0 Å². The Hall–Kier alpha value is -4.47. The number of para-hydroxylation sites is 1. The summed E-state index contributed by atoms with van der Waals surface area (Å²) in [6.07, 6.45) is 2.60. The van der Waals surface area contributed by atoms with Crippen molar-refractivity contribution in [1.82, 2.24) is 19.9 Å². The predicted molar refractivity (Wildman–Crippen MR) is 180 cm³/mol. The fraction of sp³-hybridized carbons (Fsp3) is 0.378. The number of rotatable bonds is 15. The van der Waals surface area contributed by atoms with Crippen molar-refractivity contribution < 1.29 is 24.2 Å². The molecule has 4 aromatic rings. The summed E-state index contributed by atoms with van der Waals surface area (Å²) in [5.74, 6) is -2.18. The van der Waals surface area contributed by atoms with Crippen molar-refractivity contribution in [3.63, 3.8) is 0 Å². The van der Waals surface area contributed by atoms with Gasteiger partial charge in [-0.05, 0) is 56.4 Å². The lowest BCUT2D eigenvalue weighted by atomic mass is 9.95. The second-order valence-electron chi connectivity index (χ2n) is 12.7. The highest BCUT2D eigenvalue weighted by molar-refractivity contribution is 5.90. The minimum atomic E-state index is -0.919. The first-order valence-corrected chi connectivity index (χ1v) is 15.7. The average Bonchev–Trinajstić information content (AvgIpc) is 3.35. The number of ether oxygens (including phenoxy) is 1. The molecule has 0 aliphatic heterocycles. The normalized spacial score (nSPS) is 13.0. The van der Waals surface area contributed by atoms with Gasteiger partial charge in [-0.2, -0.15) is 0 Å². The second kappa shape index (κ2) is 15.7. The van der Waals surface area contributed by atoms with Gasteiger partial charge in [-0.1, -0.05) is 78.9 Å². The molecule has 2 atom stereocenters. The third kappa shape index (κ3) is 9.52. The zero-order chi connectivity index (χ0) is 33.3. The van der Waals surface area contributed by atoms with E-state index >= 15 is 0 Å². The molecule has 244 valence electrons. The van der Waals surface area contributed by atoms with Gasteiger partial charge in [-0.3, -0.25) is 19.8 Å². The van der Waals surface area contributed by atoms with Gasteiger partial charge >= 0.3 is 11.9 Å². The summed E-state index contributed by atoms with van der Waals surface area (Å²) in [6, 6.07) is 26.6. The number of esters is 1. The van der Waals surface area contributed by atoms with Crippen molar-refractivity contribution in [2.24, 2.45) is 7.05 Å². The summed E-state index contributed by atoms with van der Waals surface area (Å²) in [7, 11) is 3.69. The average molecular weight is 627 g/mol. The minimum Gasteiger partial charge on any atom is -0.481 e. The first kappa shape index (κ1) is 34.4. The number of amides is 1. The first-order valence-electron chi connectivity index (χ1n) is 15.7. The molecule has 9 nitrogen and oxygen atoms in total. The van der Waals surface area contributed by atoms with E-state index in [2.05, 4.69) is 5.43 Å². The third-order valence-electron chi connectivity index (χ3n) is 7.90. The lowest BCUT2D eigenvalue weighted by molar-refractivity contribution is -0.156. The lowest BCUT2D eigenvalue weighted by Gasteiger charge is -2.34. The summed E-state index contributed by atoms with van der Waals surface area (Å²) in [4.78, 5) is 41.2. The van der Waals surface area contributed by atoms with Crippen LogP contribution in [0.3, 0.4) is 0 Å². The van der Waals surface area contributed by atoms with E-state index in [1.54, 1.807) is 17.0 Å². The van der Waals surface area contributed by atoms with Crippen molar-refractivity contribution in [2.45, 2.75) is 64.1 Å². The number of nitrogens with zero attached hydrogens (tertiary/aromatic N) is 3. The standard InChI is InChI=1S/C37H46N4O5/c1-37(2,3)46-34(42)21-23-41(38-22-20-30(36(44)45)31-26-39(4)32-19-13-12-18-29(31)32)33(24-27-14-8-6-9-15-27)35(43)40(5)25-28-16-10-7-11-17-28/h6-19,26,30,33,38H,20-25H2,1-5H3,(H,44,45)/t30-,33-/m0/s1. The fourth-order valence-corrected chi connectivity index (χ4v) is 5.72. The second-order valence-corrected chi connectivity index (χ2v) is 12.7. The quantitative estimate of drug-likeness (QED) is 0.132. The predicted octanol–water partition coefficient (Wildman–Crippen LogP) is 5.54. The Balaban J connectivity index is 1.60. The number of carbonyl (C=O) groups is 3. The van der Waals surface area contributed by atoms with Crippen LogP contribution in [-0.2, 0) is 39.1 Å². The molecule has 9 heteroatoms. The number of carbonyl (C=O) groups excluding carboxylic acids is 2. The molecule has 3 aromatic carbocycles. The Labute approximate surface area is 271 Å². The maximum Gasteiger partial charge on any atom is 0.311 e. The van der Waals surface area contributed by atoms with Crippen LogP contribution in [0.2, 0.25) is 0 Å². The Morgan fingerprint density at radius 3 is 2.15 bits per heavy atom. The number of fused-ring (bicyclic) bond motifs is 1. The van der Waals surface area contributed by atoms with Gasteiger partial charge in [0.1, 0.15) is 11.6 Å². The summed E-state index contributed by atoms with van der Waals surface area (Å²) >= 11 is 0. The van der Waals surface area contributed by atoms with Gasteiger partial charge in [0.15, 0.2) is 0 Å². The molecule has 0 aliphatic carbocycles. The van der Waals surface area contributed by atoms with Crippen LogP contribution in [0.25, 0.3) is 10.9 Å². The Bertz CT molecular complexity index is 1600. The zero-order valence-electron chi connectivity index (χ0n) is 27.5. The molecule has 4 rings (SSSR count). The highest BCUT2D eigenvalue weighted by atomic mass is 16.6. The monoisotopic (exact) mass is 626 g/mol. The van der Waals surface area contributed by atoms with Crippen molar-refractivity contribution in [2.75, 3.05) is 20.1 Å². The van der Waals surface area contributed by atoms with Crippen molar-refractivity contribution in [3.8, 4) is 0 Å². The van der Waals surface area contributed by atoms with Crippen molar-refractivity contribution >= 4 is 28.7 Å². The number of hydrogen-bond acceptors (Lipinski definition) is 6. The van der Waals surface area contributed by atoms with E-state index in [9.17, 15) is 19.5 Å². The van der Waals surface area contributed by atoms with Crippen LogP contribution in [0.5, 0.6) is 0 Å². The van der Waals surface area contributed by atoms with E-state index in [-0.39, 0.29) is 37.8 Å². The smallest absolute Gasteiger partial charge is 0.311 e. The number of hydrogen-bond donors (Lipinski definition) is 2. The SMILES string of the molecule is CN(Cc1ccccc1)C(=O)[C@H](Cc1ccccc1)N(CCC(=O)OC(C)(C)C)NCC[C@H](C(=O)O)c1cn(C)c2ccccc12. The van der Waals surface area contributed by atoms with Crippen LogP contribution in [0, 0.1) is 0 Å². The lowest BCUT2D eigenvalue weighted by Crippen LogP contribution is -2.55. The molecule has 46 heavy (non-hydrogen) atoms. The topological polar surface area (TPSA) is 104 Å². The maximum atomic E-state index is 14.2. The van der Waals surface area contributed by atoms with E-state index in [1.165, 1.54) is 0 Å². The van der Waals surface area contributed by atoms with Crippen LogP contribution in [0.4, 0.5) is 0 Å². The number of nitrogens with one attached hydrogen (secondary N) is 1. The number of aryl methyl sites for hydroxylation is 1. The molecule has 0 fully saturated rings. The van der Waals surface area contributed by atoms with Gasteiger partial charge in [0.25, 0.3) is 0 Å². The van der Waals surface area contributed by atoms with Crippen LogP contribution >= 0.6 is 0 Å². The number of aliphatic carboxylic acids is 1. The van der Waals surface area contributed by atoms with Gasteiger partial charge in [0.05, 0.1) is 12.3 Å². The van der Waals surface area contributed by atoms with Crippen molar-refractivity contribution in [3.05, 3.63) is 108 Å². The number of aromatic nitrogens is 1. The van der Waals surface area contributed by atoms with E-state index in [4.69, 9.17) is 4.74 Å². The molecule has 0 saturated heterocycles. The number of hydrazine groups is 1. The molecule has 0 unspecified atom stereocenters. The molecule has 0 saturated carbocycles. The molecule has 2 N–H and O–H groups in total. The summed E-state index contributed by atoms with van der Waals surface area (Å²) < 4.78 is 7.52. The summed E-state index contributed by atoms with van der Waals surface area (Å²) in [5.41, 5.74) is 6.41. The van der Waals surface area contributed by atoms with Crippen LogP contribution < -0.4 is 5.43 Å². The highest BCUT2D eigenvalue weighted by Crippen LogP contribution is 2.29. The van der Waals surface area contributed by atoms with Crippen LogP contribution in [0.15, 0.2) is 91.1 Å². The molecule has 1 aromatic heterocycles. The van der Waals surface area contributed by atoms with Gasteiger partial charge in [0.2, 0.25) is 5.91 Å². The maximum absolute atomic E-state index is 14.2. The number of carboxylic acid groups (broad SMARTS) is 1. The molecule has 0 radical (unpaired) electrons. The molecular weight excluding hydrogens is 580 g/mol. The molecule has 0 spiro atoms. The Kier molecular flexibility index (Phi) is 11.7. The number of likely N-dealkylation sites (N-methyl/N-ethyl adjacent to an activating group) is 1. The van der Waals surface area contributed by atoms with Gasteiger partial charge in [-0.15, -0.1) is 0 Å². The molecule has 0 bridgehead atoms. The molecule has 0 aliphatic rings. The van der Waals surface area contributed by atoms with Gasteiger partial charge in [0, 0.05) is 50.8 Å². The zero-order valence-corrected chi connectivity index (χ0v) is 27.5. The molecular formula is C37H46N4O5. The fourth-order valence-electron chi connectivity index (χ4n) is 5.72. The molecule has 1 heterocycles. The Morgan fingerprint density at radius 2 is 1.52 bits per heavy atom. The van der Waals surface area contributed by atoms with E-state index < -0.39 is 23.5 Å². The van der Waals surface area contributed by atoms with Crippen LogP contribution in [-0.4, -0.2) is 69.2 Å². The third-order valence-corrected chi connectivity index (χ3v) is 7.90. The minimum absolute atomic E-state index is 0.0525. The summed E-state index contributed by atoms with van der Waals surface area (Å²) in [6.45, 7) is 6.35. The highest BCUT2D eigenvalue weighted by Gasteiger charge is 2.31. The van der Waals surface area contributed by atoms with Gasteiger partial charge in [-0.25, -0.2) is 5.01 Å². The van der Waals surface area contributed by atoms with E-state index in [1.807, 2.05) is 124 Å². The largest absolute Gasteiger partial charge is 0.481 e. The van der Waals surface area contributed by atoms with E-state index in [0.717, 1.165) is 27.6 Å². The first-order chi connectivity index (χ1) is 21.9. The Morgan fingerprint density at radius 1 is 0.913 bits per heavy atom.